The van der Waals surface area contributed by atoms with Crippen molar-refractivity contribution >= 4 is 11.5 Å². The smallest absolute Gasteiger partial charge is 0.154 e. The minimum Gasteiger partial charge on any atom is -0.396 e. The summed E-state index contributed by atoms with van der Waals surface area (Å²) in [6.45, 7) is 4.52. The SMILES string of the molecule is CN1CCN(c2ccnc(N(O)CCCO)c2)CC1. The molecular formula is C13H22N4O2. The summed E-state index contributed by atoms with van der Waals surface area (Å²) in [5, 5.41) is 19.7. The normalized spacial score (nSPS) is 16.7. The lowest BCUT2D eigenvalue weighted by molar-refractivity contribution is 0.225. The Hall–Kier alpha value is -1.37. The number of rotatable bonds is 5. The second-order valence-electron chi connectivity index (χ2n) is 4.86. The van der Waals surface area contributed by atoms with Crippen LogP contribution in [-0.4, -0.2) is 66.6 Å². The Bertz CT molecular complexity index is 394. The Balaban J connectivity index is 2.02. The summed E-state index contributed by atoms with van der Waals surface area (Å²) >= 11 is 0. The van der Waals surface area contributed by atoms with Gasteiger partial charge in [-0.3, -0.25) is 5.21 Å². The van der Waals surface area contributed by atoms with E-state index in [0.29, 0.717) is 18.8 Å². The van der Waals surface area contributed by atoms with Gasteiger partial charge in [0.25, 0.3) is 0 Å². The van der Waals surface area contributed by atoms with E-state index in [9.17, 15) is 5.21 Å². The number of pyridine rings is 1. The van der Waals surface area contributed by atoms with Crippen LogP contribution in [0.1, 0.15) is 6.42 Å². The van der Waals surface area contributed by atoms with E-state index < -0.39 is 0 Å². The van der Waals surface area contributed by atoms with Gasteiger partial charge in [0.15, 0.2) is 5.82 Å². The van der Waals surface area contributed by atoms with Gasteiger partial charge < -0.3 is 14.9 Å². The molecule has 0 aromatic carbocycles. The molecule has 0 unspecified atom stereocenters. The average Bonchev–Trinajstić information content (AvgIpc) is 2.45. The van der Waals surface area contributed by atoms with E-state index in [4.69, 9.17) is 5.11 Å². The van der Waals surface area contributed by atoms with Crippen LogP contribution >= 0.6 is 0 Å². The second kappa shape index (κ2) is 6.70. The summed E-state index contributed by atoms with van der Waals surface area (Å²) in [6.07, 6.45) is 2.24. The minimum absolute atomic E-state index is 0.0647. The first-order valence-corrected chi connectivity index (χ1v) is 6.67. The standard InChI is InChI=1S/C13H22N4O2/c1-15-6-8-16(9-7-15)12-3-4-14-13(11-12)17(19)5-2-10-18/h3-4,11,18-19H,2,5-10H2,1H3. The Labute approximate surface area is 113 Å². The maximum Gasteiger partial charge on any atom is 0.154 e. The lowest BCUT2D eigenvalue weighted by Crippen LogP contribution is -2.44. The number of aromatic nitrogens is 1. The summed E-state index contributed by atoms with van der Waals surface area (Å²) in [4.78, 5) is 8.76. The van der Waals surface area contributed by atoms with Crippen molar-refractivity contribution in [2.24, 2.45) is 0 Å². The molecule has 1 saturated heterocycles. The van der Waals surface area contributed by atoms with Crippen molar-refractivity contribution in [3.8, 4) is 0 Å². The predicted molar refractivity (Wildman–Crippen MR) is 74.8 cm³/mol. The number of hydrogen-bond acceptors (Lipinski definition) is 6. The van der Waals surface area contributed by atoms with Crippen LogP contribution in [0.2, 0.25) is 0 Å². The van der Waals surface area contributed by atoms with Gasteiger partial charge in [-0.2, -0.15) is 0 Å². The van der Waals surface area contributed by atoms with Gasteiger partial charge >= 0.3 is 0 Å². The van der Waals surface area contributed by atoms with Gasteiger partial charge in [0.1, 0.15) is 0 Å². The molecule has 1 aromatic rings. The fraction of sp³-hybridized carbons (Fsp3) is 0.615. The number of aliphatic hydroxyl groups is 1. The molecule has 0 saturated carbocycles. The average molecular weight is 266 g/mol. The molecule has 106 valence electrons. The lowest BCUT2D eigenvalue weighted by atomic mass is 10.2. The molecule has 0 radical (unpaired) electrons. The van der Waals surface area contributed by atoms with Gasteiger partial charge in [-0.05, 0) is 19.5 Å². The van der Waals surface area contributed by atoms with Crippen LogP contribution in [0.4, 0.5) is 11.5 Å². The van der Waals surface area contributed by atoms with Crippen LogP contribution in [-0.2, 0) is 0 Å². The van der Waals surface area contributed by atoms with E-state index in [1.807, 2.05) is 12.1 Å². The third-order valence-corrected chi connectivity index (χ3v) is 3.39. The van der Waals surface area contributed by atoms with Crippen LogP contribution in [0, 0.1) is 0 Å². The van der Waals surface area contributed by atoms with Crippen LogP contribution in [0.5, 0.6) is 0 Å². The Kier molecular flexibility index (Phi) is 4.95. The first-order chi connectivity index (χ1) is 9.20. The van der Waals surface area contributed by atoms with Crippen LogP contribution in [0.15, 0.2) is 18.3 Å². The summed E-state index contributed by atoms with van der Waals surface area (Å²) in [6, 6.07) is 3.86. The summed E-state index contributed by atoms with van der Waals surface area (Å²) in [5.41, 5.74) is 1.08. The molecule has 19 heavy (non-hydrogen) atoms. The molecule has 1 fully saturated rings. The highest BCUT2D eigenvalue weighted by molar-refractivity contribution is 5.54. The van der Waals surface area contributed by atoms with E-state index in [0.717, 1.165) is 36.9 Å². The summed E-state index contributed by atoms with van der Waals surface area (Å²) in [7, 11) is 2.12. The zero-order chi connectivity index (χ0) is 13.7. The molecular weight excluding hydrogens is 244 g/mol. The zero-order valence-electron chi connectivity index (χ0n) is 11.4. The highest BCUT2D eigenvalue weighted by Crippen LogP contribution is 2.20. The molecule has 2 N–H and O–H groups in total. The van der Waals surface area contributed by atoms with Gasteiger partial charge in [-0.15, -0.1) is 0 Å². The second-order valence-corrected chi connectivity index (χ2v) is 4.86. The van der Waals surface area contributed by atoms with Crippen molar-refractivity contribution in [1.29, 1.82) is 0 Å². The third kappa shape index (κ3) is 3.79. The van der Waals surface area contributed by atoms with E-state index >= 15 is 0 Å². The molecule has 0 amide bonds. The van der Waals surface area contributed by atoms with Crippen LogP contribution in [0.25, 0.3) is 0 Å². The third-order valence-electron chi connectivity index (χ3n) is 3.39. The molecule has 2 heterocycles. The molecule has 0 bridgehead atoms. The number of nitrogens with zero attached hydrogens (tertiary/aromatic N) is 4. The van der Waals surface area contributed by atoms with Crippen LogP contribution < -0.4 is 9.96 Å². The quantitative estimate of drug-likeness (QED) is 0.753. The van der Waals surface area contributed by atoms with Crippen molar-refractivity contribution in [2.45, 2.75) is 6.42 Å². The molecule has 0 spiro atoms. The number of hydroxylamine groups is 1. The van der Waals surface area contributed by atoms with Crippen LogP contribution in [0.3, 0.4) is 0 Å². The maximum atomic E-state index is 9.85. The van der Waals surface area contributed by atoms with Gasteiger partial charge in [0.05, 0.1) is 0 Å². The van der Waals surface area contributed by atoms with Gasteiger partial charge in [-0.1, -0.05) is 0 Å². The first-order valence-electron chi connectivity index (χ1n) is 6.67. The first kappa shape index (κ1) is 14.0. The molecule has 6 nitrogen and oxygen atoms in total. The van der Waals surface area contributed by atoms with E-state index in [-0.39, 0.29) is 6.61 Å². The number of hydrogen-bond donors (Lipinski definition) is 2. The fourth-order valence-electron chi connectivity index (χ4n) is 2.15. The number of piperazine rings is 1. The van der Waals surface area contributed by atoms with Crippen molar-refractivity contribution in [3.63, 3.8) is 0 Å². The van der Waals surface area contributed by atoms with E-state index in [2.05, 4.69) is 21.8 Å². The molecule has 0 aliphatic carbocycles. The van der Waals surface area contributed by atoms with Crippen molar-refractivity contribution in [2.75, 3.05) is 56.3 Å². The molecule has 1 aliphatic heterocycles. The Morgan fingerprint density at radius 3 is 2.74 bits per heavy atom. The zero-order valence-corrected chi connectivity index (χ0v) is 11.4. The largest absolute Gasteiger partial charge is 0.396 e. The number of aliphatic hydroxyl groups excluding tert-OH is 1. The molecule has 0 atom stereocenters. The Morgan fingerprint density at radius 1 is 1.32 bits per heavy atom. The van der Waals surface area contributed by atoms with Gasteiger partial charge in [-0.25, -0.2) is 10.0 Å². The summed E-state index contributed by atoms with van der Waals surface area (Å²) in [5.74, 6) is 0.532. The maximum absolute atomic E-state index is 9.85. The highest BCUT2D eigenvalue weighted by atomic mass is 16.5. The topological polar surface area (TPSA) is 63.1 Å². The number of likely N-dealkylation sites (N-methyl/N-ethyl adjacent to an activating group) is 1. The minimum atomic E-state index is 0.0647. The summed E-state index contributed by atoms with van der Waals surface area (Å²) < 4.78 is 0. The lowest BCUT2D eigenvalue weighted by Gasteiger charge is -2.34. The fourth-order valence-corrected chi connectivity index (χ4v) is 2.15. The predicted octanol–water partition coefficient (Wildman–Crippen LogP) is 0.411. The molecule has 2 rings (SSSR count). The Morgan fingerprint density at radius 2 is 2.05 bits per heavy atom. The van der Waals surface area contributed by atoms with Crippen molar-refractivity contribution in [3.05, 3.63) is 18.3 Å². The monoisotopic (exact) mass is 266 g/mol. The van der Waals surface area contributed by atoms with Crippen molar-refractivity contribution < 1.29 is 10.3 Å². The van der Waals surface area contributed by atoms with Gasteiger partial charge in [0, 0.05) is 57.3 Å². The highest BCUT2D eigenvalue weighted by Gasteiger charge is 2.15. The molecule has 6 heteroatoms. The van der Waals surface area contributed by atoms with E-state index in [1.54, 1.807) is 6.20 Å². The number of anilines is 2. The van der Waals surface area contributed by atoms with Crippen molar-refractivity contribution in [1.82, 2.24) is 9.88 Å². The van der Waals surface area contributed by atoms with E-state index in [1.165, 1.54) is 0 Å². The molecule has 1 aromatic heterocycles. The van der Waals surface area contributed by atoms with Gasteiger partial charge in [0.2, 0.25) is 0 Å². The molecule has 1 aliphatic rings.